The molecule has 0 heterocycles. The van der Waals surface area contributed by atoms with Gasteiger partial charge in [-0.05, 0) is 0 Å². The molecule has 0 N–H and O–H groups in total. The molecule has 0 saturated carbocycles. The predicted molar refractivity (Wildman–Crippen MR) is 37.5 cm³/mol. The van der Waals surface area contributed by atoms with E-state index in [1.807, 2.05) is 24.3 Å². The van der Waals surface area contributed by atoms with E-state index < -0.39 is 0 Å². The summed E-state index contributed by atoms with van der Waals surface area (Å²) in [6.07, 6.45) is 0. The first-order valence-corrected chi connectivity index (χ1v) is 3.50. The molecular weight excluding hydrogens is 197 g/mol. The van der Waals surface area contributed by atoms with Crippen molar-refractivity contribution in [1.82, 2.24) is 0 Å². The normalized spacial score (nSPS) is 7.20. The fourth-order valence-corrected chi connectivity index (χ4v) is 0.904. The second kappa shape index (κ2) is 6.84. The minimum absolute atomic E-state index is 0. The standard InChI is InChI=1S/C6H6SSe.2Li/c7-5-3-1-2-4-6(5)8;;/h1-4,7-8H;;/q;2*+1/p-2. The molecule has 0 nitrogen and oxygen atoms in total. The van der Waals surface area contributed by atoms with Crippen molar-refractivity contribution in [1.29, 1.82) is 0 Å². The number of hydrogen-bond acceptors (Lipinski definition) is 1. The van der Waals surface area contributed by atoms with Crippen molar-refractivity contribution in [2.75, 3.05) is 0 Å². The van der Waals surface area contributed by atoms with Gasteiger partial charge in [-0.25, -0.2) is 0 Å². The third kappa shape index (κ3) is 4.12. The number of rotatable bonds is 0. The molecule has 1 aromatic carbocycles. The van der Waals surface area contributed by atoms with E-state index in [0.717, 1.165) is 9.36 Å². The molecule has 0 aromatic heterocycles. The topological polar surface area (TPSA) is 0 Å². The summed E-state index contributed by atoms with van der Waals surface area (Å²) in [5, 5.41) is 0. The van der Waals surface area contributed by atoms with Gasteiger partial charge in [0.2, 0.25) is 0 Å². The maximum atomic E-state index is 4.92. The zero-order chi connectivity index (χ0) is 5.98. The summed E-state index contributed by atoms with van der Waals surface area (Å²) in [7, 11) is 0. The van der Waals surface area contributed by atoms with E-state index in [-0.39, 0.29) is 37.7 Å². The summed E-state index contributed by atoms with van der Waals surface area (Å²) in [5.74, 6) is 0. The van der Waals surface area contributed by atoms with Gasteiger partial charge < -0.3 is 0 Å². The second-order valence-electron chi connectivity index (χ2n) is 1.45. The van der Waals surface area contributed by atoms with Crippen LogP contribution in [0.25, 0.3) is 0 Å². The quantitative estimate of drug-likeness (QED) is 0.298. The van der Waals surface area contributed by atoms with Crippen molar-refractivity contribution in [2.24, 2.45) is 0 Å². The van der Waals surface area contributed by atoms with Crippen molar-refractivity contribution >= 4 is 33.1 Å². The summed E-state index contributed by atoms with van der Waals surface area (Å²) in [6, 6.07) is 7.76. The molecule has 10 heavy (non-hydrogen) atoms. The first kappa shape index (κ1) is 13.7. The van der Waals surface area contributed by atoms with Crippen LogP contribution in [0.5, 0.6) is 0 Å². The van der Waals surface area contributed by atoms with Crippen LogP contribution in [-0.2, 0) is 12.6 Å². The minimum atomic E-state index is 0. The van der Waals surface area contributed by atoms with Gasteiger partial charge in [-0.3, -0.25) is 0 Å². The van der Waals surface area contributed by atoms with Gasteiger partial charge in [-0.15, -0.1) is 0 Å². The summed E-state index contributed by atoms with van der Waals surface area (Å²) in [4.78, 5) is 0.896. The van der Waals surface area contributed by atoms with Gasteiger partial charge >= 0.3 is 100.0 Å². The zero-order valence-electron chi connectivity index (χ0n) is 6.13. The van der Waals surface area contributed by atoms with Gasteiger partial charge in [0, 0.05) is 0 Å². The van der Waals surface area contributed by atoms with Crippen LogP contribution in [0.2, 0.25) is 0 Å². The van der Waals surface area contributed by atoms with E-state index in [2.05, 4.69) is 16.0 Å². The third-order valence-electron chi connectivity index (χ3n) is 0.849. The van der Waals surface area contributed by atoms with Gasteiger partial charge in [-0.1, -0.05) is 0 Å². The Balaban J connectivity index is 0. The van der Waals surface area contributed by atoms with Crippen LogP contribution >= 0.6 is 0 Å². The summed E-state index contributed by atoms with van der Waals surface area (Å²) in [6.45, 7) is 0. The molecule has 1 aromatic rings. The van der Waals surface area contributed by atoms with Gasteiger partial charge in [-0.2, -0.15) is 0 Å². The molecular formula is C6H4Li2SSe. The molecule has 0 atom stereocenters. The molecule has 0 aliphatic heterocycles. The molecule has 4 heteroatoms. The Bertz CT molecular complexity index is 172. The summed E-state index contributed by atoms with van der Waals surface area (Å²) >= 11 is 7.79. The third-order valence-corrected chi connectivity index (χ3v) is 2.24. The Morgan fingerprint density at radius 3 is 1.90 bits per heavy atom. The van der Waals surface area contributed by atoms with E-state index in [9.17, 15) is 0 Å². The van der Waals surface area contributed by atoms with Crippen molar-refractivity contribution in [3.63, 3.8) is 0 Å². The van der Waals surface area contributed by atoms with E-state index in [4.69, 9.17) is 12.6 Å². The van der Waals surface area contributed by atoms with Crippen LogP contribution in [0.3, 0.4) is 0 Å². The first-order valence-electron chi connectivity index (χ1n) is 2.24. The van der Waals surface area contributed by atoms with Crippen LogP contribution in [-0.4, -0.2) is 16.0 Å². The van der Waals surface area contributed by atoms with Crippen molar-refractivity contribution < 1.29 is 37.7 Å². The first-order chi connectivity index (χ1) is 3.80. The van der Waals surface area contributed by atoms with Gasteiger partial charge in [0.1, 0.15) is 0 Å². The van der Waals surface area contributed by atoms with Crippen LogP contribution in [0, 0.1) is 0 Å². The average molecular weight is 201 g/mol. The van der Waals surface area contributed by atoms with Crippen molar-refractivity contribution in [3.05, 3.63) is 24.3 Å². The Labute approximate surface area is 99.1 Å². The maximum absolute atomic E-state index is 4.92. The molecule has 0 unspecified atom stereocenters. The van der Waals surface area contributed by atoms with E-state index >= 15 is 0 Å². The predicted octanol–water partition coefficient (Wildman–Crippen LogP) is -5.61. The molecule has 0 radical (unpaired) electrons. The van der Waals surface area contributed by atoms with Crippen LogP contribution in [0.1, 0.15) is 0 Å². The summed E-state index contributed by atoms with van der Waals surface area (Å²) < 4.78 is 1.06. The molecule has 0 aliphatic carbocycles. The Morgan fingerprint density at radius 2 is 1.60 bits per heavy atom. The fraction of sp³-hybridized carbons (Fsp3) is 0. The zero-order valence-corrected chi connectivity index (χ0v) is 8.66. The van der Waals surface area contributed by atoms with Crippen molar-refractivity contribution in [2.45, 2.75) is 4.90 Å². The van der Waals surface area contributed by atoms with E-state index in [0.29, 0.717) is 0 Å². The van der Waals surface area contributed by atoms with E-state index in [1.165, 1.54) is 0 Å². The molecule has 42 valence electrons. The molecule has 1 rings (SSSR count). The van der Waals surface area contributed by atoms with Gasteiger partial charge in [0.15, 0.2) is 0 Å². The van der Waals surface area contributed by atoms with Gasteiger partial charge in [0.05, 0.1) is 0 Å². The van der Waals surface area contributed by atoms with Crippen LogP contribution in [0.15, 0.2) is 29.2 Å². The Hall–Kier alpha value is 1.15. The molecule has 0 aliphatic rings. The molecule has 0 amide bonds. The number of benzene rings is 1. The fourth-order valence-electron chi connectivity index (χ4n) is 0.450. The van der Waals surface area contributed by atoms with Gasteiger partial charge in [0.25, 0.3) is 0 Å². The monoisotopic (exact) mass is 202 g/mol. The average Bonchev–Trinajstić information content (AvgIpc) is 1.77. The number of hydrogen-bond donors (Lipinski definition) is 0. The van der Waals surface area contributed by atoms with E-state index in [1.54, 1.807) is 0 Å². The molecule has 0 bridgehead atoms. The Kier molecular flexibility index (Phi) is 9.39. The molecule has 0 fully saturated rings. The Morgan fingerprint density at radius 1 is 1.10 bits per heavy atom. The van der Waals surface area contributed by atoms with Crippen LogP contribution < -0.4 is 42.2 Å². The van der Waals surface area contributed by atoms with Crippen molar-refractivity contribution in [3.8, 4) is 0 Å². The SMILES string of the molecule is [Li+].[Li+].[S-]c1ccccc1[Se-]. The summed E-state index contributed by atoms with van der Waals surface area (Å²) in [5.41, 5.74) is 0. The van der Waals surface area contributed by atoms with Crippen LogP contribution in [0.4, 0.5) is 0 Å². The molecule has 0 saturated heterocycles. The molecule has 0 spiro atoms. The second-order valence-corrected chi connectivity index (χ2v) is 2.81.